The standard InChI is InChI=1S/C23H27F2N3O/c1-3-4-5-6-8-17-9-7-10-19(15-17)23(16-28(2)22(26)27-23)18-11-13-20(14-12-18)29-21(24)25/h3,7,9-15,21H,1,4-6,8,16H2,2H3,(H2,26,27). The topological polar surface area (TPSA) is 50.9 Å². The van der Waals surface area contributed by atoms with E-state index in [-0.39, 0.29) is 5.75 Å². The summed E-state index contributed by atoms with van der Waals surface area (Å²) in [4.78, 5) is 6.70. The summed E-state index contributed by atoms with van der Waals surface area (Å²) in [6.45, 7) is 1.50. The summed E-state index contributed by atoms with van der Waals surface area (Å²) in [5.41, 5.74) is 8.60. The lowest BCUT2D eigenvalue weighted by Crippen LogP contribution is -2.34. The lowest BCUT2D eigenvalue weighted by Gasteiger charge is -2.28. The molecule has 1 heterocycles. The van der Waals surface area contributed by atoms with Crippen LogP contribution in [0.2, 0.25) is 0 Å². The van der Waals surface area contributed by atoms with Crippen LogP contribution in [-0.4, -0.2) is 31.1 Å². The molecule has 1 atom stereocenters. The Bertz CT molecular complexity index is 867. The van der Waals surface area contributed by atoms with E-state index in [4.69, 9.17) is 10.7 Å². The Morgan fingerprint density at radius 3 is 2.59 bits per heavy atom. The number of unbranched alkanes of at least 4 members (excludes halogenated alkanes) is 2. The summed E-state index contributed by atoms with van der Waals surface area (Å²) >= 11 is 0. The molecule has 6 heteroatoms. The molecular weight excluding hydrogens is 372 g/mol. The Morgan fingerprint density at radius 1 is 1.21 bits per heavy atom. The van der Waals surface area contributed by atoms with Crippen LogP contribution in [0.1, 0.15) is 36.0 Å². The van der Waals surface area contributed by atoms with Crippen LogP contribution in [0.3, 0.4) is 0 Å². The number of nitrogens with zero attached hydrogens (tertiary/aromatic N) is 2. The van der Waals surface area contributed by atoms with E-state index in [9.17, 15) is 8.78 Å². The van der Waals surface area contributed by atoms with E-state index in [1.165, 1.54) is 5.56 Å². The van der Waals surface area contributed by atoms with Gasteiger partial charge in [-0.05, 0) is 54.5 Å². The molecule has 3 rings (SSSR count). The number of nitrogens with two attached hydrogens (primary N) is 1. The number of allylic oxidation sites excluding steroid dienone is 1. The number of hydrogen-bond donors (Lipinski definition) is 1. The van der Waals surface area contributed by atoms with Gasteiger partial charge in [-0.2, -0.15) is 8.78 Å². The van der Waals surface area contributed by atoms with Crippen LogP contribution in [0.25, 0.3) is 0 Å². The Morgan fingerprint density at radius 2 is 1.97 bits per heavy atom. The highest BCUT2D eigenvalue weighted by Gasteiger charge is 2.40. The number of hydrogen-bond acceptors (Lipinski definition) is 4. The summed E-state index contributed by atoms with van der Waals surface area (Å²) in [6, 6.07) is 15.0. The molecule has 1 aliphatic heterocycles. The van der Waals surface area contributed by atoms with Gasteiger partial charge in [-0.3, -0.25) is 0 Å². The van der Waals surface area contributed by atoms with Gasteiger partial charge in [0.2, 0.25) is 0 Å². The minimum absolute atomic E-state index is 0.123. The van der Waals surface area contributed by atoms with E-state index in [0.717, 1.165) is 36.8 Å². The van der Waals surface area contributed by atoms with E-state index >= 15 is 0 Å². The van der Waals surface area contributed by atoms with Gasteiger partial charge in [0.15, 0.2) is 5.96 Å². The number of alkyl halides is 2. The molecule has 0 fully saturated rings. The highest BCUT2D eigenvalue weighted by Crippen LogP contribution is 2.39. The highest BCUT2D eigenvalue weighted by atomic mass is 19.3. The van der Waals surface area contributed by atoms with Gasteiger partial charge in [0.05, 0.1) is 6.54 Å². The van der Waals surface area contributed by atoms with E-state index in [0.29, 0.717) is 12.5 Å². The summed E-state index contributed by atoms with van der Waals surface area (Å²) in [5, 5.41) is 0. The third-order valence-corrected chi connectivity index (χ3v) is 5.25. The van der Waals surface area contributed by atoms with Gasteiger partial charge in [0, 0.05) is 7.05 Å². The summed E-state index contributed by atoms with van der Waals surface area (Å²) in [5.74, 6) is 0.576. The van der Waals surface area contributed by atoms with Crippen molar-refractivity contribution in [3.05, 3.63) is 77.9 Å². The first-order valence-corrected chi connectivity index (χ1v) is 9.77. The molecule has 0 radical (unpaired) electrons. The second-order valence-corrected chi connectivity index (χ2v) is 7.32. The fourth-order valence-corrected chi connectivity index (χ4v) is 3.73. The molecule has 0 aromatic heterocycles. The number of aliphatic imine (C=N–C) groups is 1. The van der Waals surface area contributed by atoms with E-state index in [2.05, 4.69) is 23.4 Å². The predicted octanol–water partition coefficient (Wildman–Crippen LogP) is 4.69. The number of likely N-dealkylation sites (N-methyl/N-ethyl adjacent to an activating group) is 1. The maximum absolute atomic E-state index is 12.5. The van der Waals surface area contributed by atoms with Crippen molar-refractivity contribution >= 4 is 5.96 Å². The third kappa shape index (κ3) is 4.75. The van der Waals surface area contributed by atoms with Crippen LogP contribution in [0, 0.1) is 0 Å². The van der Waals surface area contributed by atoms with Gasteiger partial charge in [0.1, 0.15) is 11.3 Å². The summed E-state index contributed by atoms with van der Waals surface area (Å²) in [6.07, 6.45) is 6.14. The van der Waals surface area contributed by atoms with E-state index in [1.54, 1.807) is 24.3 Å². The van der Waals surface area contributed by atoms with Crippen LogP contribution < -0.4 is 10.5 Å². The second kappa shape index (κ2) is 9.07. The SMILES string of the molecule is C=CCCCCc1cccc(C2(c3ccc(OC(F)F)cc3)CN(C)C(N)=N2)c1. The molecule has 1 aliphatic rings. The first-order chi connectivity index (χ1) is 13.9. The Hall–Kier alpha value is -2.89. The van der Waals surface area contributed by atoms with Crippen LogP contribution in [-0.2, 0) is 12.0 Å². The lowest BCUT2D eigenvalue weighted by molar-refractivity contribution is -0.0498. The molecule has 0 spiro atoms. The molecule has 2 N–H and O–H groups in total. The molecule has 2 aromatic carbocycles. The second-order valence-electron chi connectivity index (χ2n) is 7.32. The molecule has 2 aromatic rings. The Balaban J connectivity index is 1.93. The number of rotatable bonds is 9. The van der Waals surface area contributed by atoms with Crippen molar-refractivity contribution in [1.82, 2.24) is 4.90 Å². The number of halogens is 2. The average molecular weight is 399 g/mol. The molecule has 0 saturated carbocycles. The van der Waals surface area contributed by atoms with Crippen molar-refractivity contribution in [1.29, 1.82) is 0 Å². The quantitative estimate of drug-likeness (QED) is 0.492. The number of aryl methyl sites for hydroxylation is 1. The van der Waals surface area contributed by atoms with Crippen molar-refractivity contribution in [2.75, 3.05) is 13.6 Å². The van der Waals surface area contributed by atoms with E-state index < -0.39 is 12.2 Å². The fraction of sp³-hybridized carbons (Fsp3) is 0.348. The van der Waals surface area contributed by atoms with Gasteiger partial charge in [-0.25, -0.2) is 4.99 Å². The highest BCUT2D eigenvalue weighted by molar-refractivity contribution is 5.81. The van der Waals surface area contributed by atoms with Crippen molar-refractivity contribution in [3.8, 4) is 5.75 Å². The normalized spacial score (nSPS) is 18.8. The first kappa shape index (κ1) is 20.8. The minimum Gasteiger partial charge on any atom is -0.435 e. The van der Waals surface area contributed by atoms with Gasteiger partial charge in [-0.15, -0.1) is 6.58 Å². The number of benzene rings is 2. The largest absolute Gasteiger partial charge is 0.435 e. The summed E-state index contributed by atoms with van der Waals surface area (Å²) < 4.78 is 29.5. The minimum atomic E-state index is -2.85. The van der Waals surface area contributed by atoms with Gasteiger partial charge < -0.3 is 15.4 Å². The molecule has 29 heavy (non-hydrogen) atoms. The molecule has 0 saturated heterocycles. The van der Waals surface area contributed by atoms with Crippen LogP contribution in [0.15, 0.2) is 66.2 Å². The fourth-order valence-electron chi connectivity index (χ4n) is 3.73. The molecular formula is C23H27F2N3O. The molecule has 154 valence electrons. The van der Waals surface area contributed by atoms with Crippen LogP contribution in [0.5, 0.6) is 5.75 Å². The smallest absolute Gasteiger partial charge is 0.387 e. The lowest BCUT2D eigenvalue weighted by atomic mass is 9.82. The number of ether oxygens (including phenoxy) is 1. The van der Waals surface area contributed by atoms with Gasteiger partial charge >= 0.3 is 6.61 Å². The molecule has 0 aliphatic carbocycles. The molecule has 4 nitrogen and oxygen atoms in total. The van der Waals surface area contributed by atoms with Crippen molar-refractivity contribution in [2.45, 2.75) is 37.8 Å². The first-order valence-electron chi connectivity index (χ1n) is 9.77. The Kier molecular flexibility index (Phi) is 6.52. The molecule has 1 unspecified atom stereocenters. The van der Waals surface area contributed by atoms with Crippen molar-refractivity contribution in [3.63, 3.8) is 0 Å². The predicted molar refractivity (Wildman–Crippen MR) is 112 cm³/mol. The molecule has 0 bridgehead atoms. The number of guanidine groups is 1. The zero-order valence-electron chi connectivity index (χ0n) is 16.7. The Labute approximate surface area is 170 Å². The summed E-state index contributed by atoms with van der Waals surface area (Å²) in [7, 11) is 1.90. The maximum atomic E-state index is 12.5. The molecule has 0 amide bonds. The van der Waals surface area contributed by atoms with Crippen molar-refractivity contribution < 1.29 is 13.5 Å². The van der Waals surface area contributed by atoms with Crippen LogP contribution in [0.4, 0.5) is 8.78 Å². The monoisotopic (exact) mass is 399 g/mol. The zero-order valence-corrected chi connectivity index (χ0v) is 16.7. The van der Waals surface area contributed by atoms with Gasteiger partial charge in [0.25, 0.3) is 0 Å². The van der Waals surface area contributed by atoms with Crippen molar-refractivity contribution in [2.24, 2.45) is 10.7 Å². The maximum Gasteiger partial charge on any atom is 0.387 e. The zero-order chi connectivity index (χ0) is 20.9. The van der Waals surface area contributed by atoms with Gasteiger partial charge in [-0.1, -0.05) is 42.5 Å². The average Bonchev–Trinajstić information content (AvgIpc) is 3.01. The van der Waals surface area contributed by atoms with E-state index in [1.807, 2.05) is 30.2 Å². The van der Waals surface area contributed by atoms with Crippen LogP contribution >= 0.6 is 0 Å². The third-order valence-electron chi connectivity index (χ3n) is 5.25.